The first kappa shape index (κ1) is 17.9. The zero-order chi connectivity index (χ0) is 17.2. The normalized spacial score (nSPS) is 31.4. The van der Waals surface area contributed by atoms with Crippen molar-refractivity contribution in [2.45, 2.75) is 49.7 Å². The molecule has 4 atom stereocenters. The maximum Gasteiger partial charge on any atom is 0.333 e. The monoisotopic (exact) mass is 348 g/mol. The highest BCUT2D eigenvalue weighted by molar-refractivity contribution is 7.87. The highest BCUT2D eigenvalue weighted by atomic mass is 32.2. The Balaban J connectivity index is 1.89. The summed E-state index contributed by atoms with van der Waals surface area (Å²) in [4.78, 5) is 23.1. The highest BCUT2D eigenvalue weighted by Crippen LogP contribution is 2.38. The van der Waals surface area contributed by atoms with Crippen LogP contribution in [0.5, 0.6) is 0 Å². The van der Waals surface area contributed by atoms with Crippen molar-refractivity contribution >= 4 is 22.1 Å². The van der Waals surface area contributed by atoms with Crippen LogP contribution >= 0.6 is 0 Å². The second-order valence-corrected chi connectivity index (χ2v) is 7.46. The highest BCUT2D eigenvalue weighted by Gasteiger charge is 2.53. The van der Waals surface area contributed by atoms with Gasteiger partial charge in [0.05, 0.1) is 17.8 Å². The molecule has 0 N–H and O–H groups in total. The molecule has 1 aliphatic carbocycles. The molecule has 4 unspecified atom stereocenters. The van der Waals surface area contributed by atoms with E-state index in [1.165, 1.54) is 14.0 Å². The summed E-state index contributed by atoms with van der Waals surface area (Å²) >= 11 is 0. The van der Waals surface area contributed by atoms with Gasteiger partial charge in [0.15, 0.2) is 6.10 Å². The Morgan fingerprint density at radius 2 is 2.00 bits per heavy atom. The first-order chi connectivity index (χ1) is 10.7. The largest absolute Gasteiger partial charge is 0.462 e. The first-order valence-corrected chi connectivity index (χ1v) is 8.68. The summed E-state index contributed by atoms with van der Waals surface area (Å²) in [5, 5.41) is -0.621. The summed E-state index contributed by atoms with van der Waals surface area (Å²) in [7, 11) is -2.20. The van der Waals surface area contributed by atoms with Gasteiger partial charge >= 0.3 is 11.9 Å². The van der Waals surface area contributed by atoms with Gasteiger partial charge in [-0.15, -0.1) is 0 Å². The van der Waals surface area contributed by atoms with E-state index in [1.807, 2.05) is 0 Å². The molecule has 1 aliphatic heterocycles. The maximum atomic E-state index is 11.9. The first-order valence-electron chi connectivity index (χ1n) is 7.21. The minimum absolute atomic E-state index is 0.138. The van der Waals surface area contributed by atoms with E-state index in [0.29, 0.717) is 0 Å². The zero-order valence-corrected chi connectivity index (χ0v) is 13.8. The lowest BCUT2D eigenvalue weighted by atomic mass is 9.91. The van der Waals surface area contributed by atoms with Crippen molar-refractivity contribution in [3.63, 3.8) is 0 Å². The Kier molecular flexibility index (Phi) is 5.43. The third kappa shape index (κ3) is 4.10. The van der Waals surface area contributed by atoms with Gasteiger partial charge in [-0.1, -0.05) is 6.58 Å². The van der Waals surface area contributed by atoms with Gasteiger partial charge < -0.3 is 14.2 Å². The topological polar surface area (TPSA) is 105 Å². The molecule has 1 saturated carbocycles. The van der Waals surface area contributed by atoms with Gasteiger partial charge in [0.2, 0.25) is 0 Å². The molecular weight excluding hydrogens is 328 g/mol. The molecule has 0 amide bonds. The third-order valence-corrected chi connectivity index (χ3v) is 5.56. The number of esters is 2. The fourth-order valence-electron chi connectivity index (χ4n) is 2.65. The standard InChI is InChI=1S/C14H20O8S/c1-8(2)14(16)20-5-4-12(15)21-13-10(19-3)6-9-7-11(13)22-23(9,17)18/h9-11,13H,1,4-7H2,2-3H3. The molecule has 2 aliphatic rings. The maximum absolute atomic E-state index is 11.9. The van der Waals surface area contributed by atoms with Gasteiger partial charge in [-0.3, -0.25) is 8.98 Å². The molecule has 8 nitrogen and oxygen atoms in total. The van der Waals surface area contributed by atoms with Gasteiger partial charge in [0.25, 0.3) is 10.1 Å². The molecule has 1 saturated heterocycles. The average Bonchev–Trinajstić information content (AvgIpc) is 2.72. The predicted molar refractivity (Wildman–Crippen MR) is 77.9 cm³/mol. The van der Waals surface area contributed by atoms with Crippen LogP contribution in [-0.2, 0) is 38.1 Å². The Morgan fingerprint density at radius 3 is 2.61 bits per heavy atom. The molecule has 130 valence electrons. The Bertz CT molecular complexity index is 596. The number of carbonyl (C=O) groups is 2. The van der Waals surface area contributed by atoms with Crippen molar-refractivity contribution in [1.29, 1.82) is 0 Å². The van der Waals surface area contributed by atoms with E-state index in [4.69, 9.17) is 18.4 Å². The third-order valence-electron chi connectivity index (χ3n) is 3.85. The molecule has 9 heteroatoms. The van der Waals surface area contributed by atoms with E-state index in [-0.39, 0.29) is 31.4 Å². The van der Waals surface area contributed by atoms with Gasteiger partial charge in [-0.05, 0) is 19.8 Å². The van der Waals surface area contributed by atoms with Crippen LogP contribution in [0.2, 0.25) is 0 Å². The summed E-state index contributed by atoms with van der Waals surface area (Å²) in [6.07, 6.45) is -1.71. The number of methoxy groups -OCH3 is 1. The van der Waals surface area contributed by atoms with Crippen molar-refractivity contribution in [3.05, 3.63) is 12.2 Å². The predicted octanol–water partition coefficient (Wildman–Crippen LogP) is 0.314. The van der Waals surface area contributed by atoms with Crippen LogP contribution < -0.4 is 0 Å². The number of hydrogen-bond acceptors (Lipinski definition) is 8. The van der Waals surface area contributed by atoms with Crippen LogP contribution in [0.3, 0.4) is 0 Å². The molecule has 0 aromatic rings. The molecule has 0 aromatic heterocycles. The van der Waals surface area contributed by atoms with Crippen molar-refractivity contribution in [1.82, 2.24) is 0 Å². The molecule has 2 bridgehead atoms. The molecule has 0 aromatic carbocycles. The van der Waals surface area contributed by atoms with Gasteiger partial charge in [0.1, 0.15) is 12.7 Å². The molecule has 1 heterocycles. The van der Waals surface area contributed by atoms with Gasteiger partial charge in [0, 0.05) is 12.7 Å². The number of ether oxygens (including phenoxy) is 3. The number of fused-ring (bicyclic) bond motifs is 2. The second kappa shape index (κ2) is 6.98. The van der Waals surface area contributed by atoms with Gasteiger partial charge in [-0.2, -0.15) is 8.42 Å². The average molecular weight is 348 g/mol. The number of rotatable bonds is 6. The van der Waals surface area contributed by atoms with Crippen LogP contribution in [0.15, 0.2) is 12.2 Å². The van der Waals surface area contributed by atoms with Crippen LogP contribution in [0.4, 0.5) is 0 Å². The summed E-state index contributed by atoms with van der Waals surface area (Å²) in [5.74, 6) is -1.20. The van der Waals surface area contributed by atoms with Crippen molar-refractivity contribution < 1.29 is 36.4 Å². The van der Waals surface area contributed by atoms with Crippen LogP contribution in [0.1, 0.15) is 26.2 Å². The molecule has 0 spiro atoms. The fraction of sp³-hybridized carbons (Fsp3) is 0.714. The van der Waals surface area contributed by atoms with Crippen LogP contribution in [0.25, 0.3) is 0 Å². The number of hydrogen-bond donors (Lipinski definition) is 0. The van der Waals surface area contributed by atoms with E-state index in [2.05, 4.69) is 6.58 Å². The number of carbonyl (C=O) groups excluding carboxylic acids is 2. The van der Waals surface area contributed by atoms with E-state index >= 15 is 0 Å². The van der Waals surface area contributed by atoms with Crippen molar-refractivity contribution in [3.8, 4) is 0 Å². The SMILES string of the molecule is C=C(C)C(=O)OCCC(=O)OC1C(OC)CC2CC1OS2(=O)=O. The quantitative estimate of drug-likeness (QED) is 0.384. The second-order valence-electron chi connectivity index (χ2n) is 5.62. The molecule has 0 radical (unpaired) electrons. The van der Waals surface area contributed by atoms with E-state index < -0.39 is 45.6 Å². The minimum Gasteiger partial charge on any atom is -0.462 e. The van der Waals surface area contributed by atoms with Crippen molar-refractivity contribution in [2.75, 3.05) is 13.7 Å². The van der Waals surface area contributed by atoms with Crippen LogP contribution in [0, 0.1) is 0 Å². The molecular formula is C14H20O8S. The van der Waals surface area contributed by atoms with Gasteiger partial charge in [-0.25, -0.2) is 4.79 Å². The van der Waals surface area contributed by atoms with E-state index in [0.717, 1.165) is 0 Å². The van der Waals surface area contributed by atoms with Crippen molar-refractivity contribution in [2.24, 2.45) is 0 Å². The molecule has 2 rings (SSSR count). The molecule has 23 heavy (non-hydrogen) atoms. The molecule has 2 fully saturated rings. The zero-order valence-electron chi connectivity index (χ0n) is 13.0. The smallest absolute Gasteiger partial charge is 0.333 e. The Labute approximate surface area is 134 Å². The lowest BCUT2D eigenvalue weighted by Crippen LogP contribution is -2.46. The van der Waals surface area contributed by atoms with Crippen LogP contribution in [-0.4, -0.2) is 57.6 Å². The lowest BCUT2D eigenvalue weighted by Gasteiger charge is -2.32. The summed E-state index contributed by atoms with van der Waals surface area (Å²) in [5.41, 5.74) is 0.237. The summed E-state index contributed by atoms with van der Waals surface area (Å²) in [6.45, 7) is 4.79. The summed E-state index contributed by atoms with van der Waals surface area (Å²) in [6, 6.07) is 0. The summed E-state index contributed by atoms with van der Waals surface area (Å²) < 4.78 is 43.9. The Hall–Kier alpha value is -1.45. The lowest BCUT2D eigenvalue weighted by molar-refractivity contribution is -0.168. The Morgan fingerprint density at radius 1 is 1.30 bits per heavy atom. The minimum atomic E-state index is -3.62. The fourth-order valence-corrected chi connectivity index (χ4v) is 4.19. The van der Waals surface area contributed by atoms with E-state index in [9.17, 15) is 18.0 Å². The van der Waals surface area contributed by atoms with E-state index in [1.54, 1.807) is 0 Å².